The van der Waals surface area contributed by atoms with E-state index in [4.69, 9.17) is 0 Å². The van der Waals surface area contributed by atoms with Crippen LogP contribution in [0, 0.1) is 6.92 Å². The number of halogens is 1. The normalized spacial score (nSPS) is 18.3. The quantitative estimate of drug-likeness (QED) is 0.470. The molecule has 36 heavy (non-hydrogen) atoms. The third-order valence-electron chi connectivity index (χ3n) is 6.82. The van der Waals surface area contributed by atoms with Crippen molar-refractivity contribution in [2.45, 2.75) is 64.2 Å². The van der Waals surface area contributed by atoms with Crippen LogP contribution < -0.4 is 5.32 Å². The fourth-order valence-corrected chi connectivity index (χ4v) is 4.78. The minimum Gasteiger partial charge on any atom is -0.343 e. The van der Waals surface area contributed by atoms with Crippen LogP contribution in [0.3, 0.4) is 0 Å². The van der Waals surface area contributed by atoms with Crippen LogP contribution in [0.15, 0.2) is 72.9 Å². The van der Waals surface area contributed by atoms with Crippen LogP contribution in [0.25, 0.3) is 0 Å². The molecule has 1 aromatic heterocycles. The largest absolute Gasteiger partial charge is 0.343 e. The summed E-state index contributed by atoms with van der Waals surface area (Å²) in [5, 5.41) is 3.12. The molecule has 0 aliphatic carbocycles. The average molecular weight is 488 g/mol. The second-order valence-electron chi connectivity index (χ2n) is 9.87. The summed E-state index contributed by atoms with van der Waals surface area (Å²) in [6, 6.07) is 20.5. The number of alkyl halides is 1. The van der Waals surface area contributed by atoms with Crippen molar-refractivity contribution in [2.75, 3.05) is 6.54 Å². The van der Waals surface area contributed by atoms with Gasteiger partial charge in [-0.25, -0.2) is 4.39 Å². The van der Waals surface area contributed by atoms with E-state index in [9.17, 15) is 14.0 Å². The van der Waals surface area contributed by atoms with Gasteiger partial charge in [-0.05, 0) is 53.6 Å². The Morgan fingerprint density at radius 1 is 1.03 bits per heavy atom. The van der Waals surface area contributed by atoms with Crippen LogP contribution in [0.4, 0.5) is 4.39 Å². The third-order valence-corrected chi connectivity index (χ3v) is 6.82. The van der Waals surface area contributed by atoms with Gasteiger partial charge in [-0.2, -0.15) is 0 Å². The Kier molecular flexibility index (Phi) is 8.14. The molecule has 0 spiro atoms. The molecule has 5 nitrogen and oxygen atoms in total. The second-order valence-corrected chi connectivity index (χ2v) is 9.87. The highest BCUT2D eigenvalue weighted by Crippen LogP contribution is 2.27. The first kappa shape index (κ1) is 25.5. The van der Waals surface area contributed by atoms with Gasteiger partial charge in [0.1, 0.15) is 12.2 Å². The Balaban J connectivity index is 1.50. The number of hydrogen-bond donors (Lipinski definition) is 1. The minimum absolute atomic E-state index is 0.0136. The van der Waals surface area contributed by atoms with Crippen molar-refractivity contribution in [1.82, 2.24) is 15.2 Å². The molecule has 1 saturated heterocycles. The van der Waals surface area contributed by atoms with Gasteiger partial charge in [0.15, 0.2) is 0 Å². The Hall–Kier alpha value is -3.54. The number of nitrogens with one attached hydrogen (secondary N) is 1. The van der Waals surface area contributed by atoms with Crippen molar-refractivity contribution in [1.29, 1.82) is 0 Å². The maximum atomic E-state index is 14.5. The number of amides is 2. The summed E-state index contributed by atoms with van der Waals surface area (Å²) in [5.41, 5.74) is 4.98. The first-order valence-corrected chi connectivity index (χ1v) is 12.6. The number of benzene rings is 2. The van der Waals surface area contributed by atoms with Gasteiger partial charge >= 0.3 is 0 Å². The van der Waals surface area contributed by atoms with E-state index < -0.39 is 18.3 Å². The van der Waals surface area contributed by atoms with Crippen molar-refractivity contribution >= 4 is 11.8 Å². The molecule has 0 radical (unpaired) electrons. The molecular weight excluding hydrogens is 453 g/mol. The fourth-order valence-electron chi connectivity index (χ4n) is 4.78. The van der Waals surface area contributed by atoms with E-state index >= 15 is 0 Å². The number of carbonyl (C=O) groups is 2. The number of carbonyl (C=O) groups excluding carboxylic acids is 2. The van der Waals surface area contributed by atoms with Crippen LogP contribution >= 0.6 is 0 Å². The lowest BCUT2D eigenvalue weighted by atomic mass is 9.95. The molecule has 6 heteroatoms. The van der Waals surface area contributed by atoms with Crippen LogP contribution in [0.5, 0.6) is 0 Å². The Morgan fingerprint density at radius 3 is 2.36 bits per heavy atom. The predicted molar refractivity (Wildman–Crippen MR) is 139 cm³/mol. The van der Waals surface area contributed by atoms with Crippen molar-refractivity contribution in [3.05, 3.63) is 101 Å². The molecule has 2 amide bonds. The number of hydrogen-bond acceptors (Lipinski definition) is 3. The van der Waals surface area contributed by atoms with Gasteiger partial charge in [0, 0.05) is 24.7 Å². The van der Waals surface area contributed by atoms with E-state index in [1.807, 2.05) is 61.5 Å². The van der Waals surface area contributed by atoms with Crippen molar-refractivity contribution < 1.29 is 14.0 Å². The number of aromatic nitrogens is 1. The molecule has 2 heterocycles. The minimum atomic E-state index is -1.21. The van der Waals surface area contributed by atoms with Crippen LogP contribution in [0.1, 0.15) is 66.6 Å². The van der Waals surface area contributed by atoms with Gasteiger partial charge in [-0.15, -0.1) is 0 Å². The molecule has 1 aliphatic rings. The molecule has 3 unspecified atom stereocenters. The van der Waals surface area contributed by atoms with E-state index in [2.05, 4.69) is 36.3 Å². The van der Waals surface area contributed by atoms with Gasteiger partial charge in [0.2, 0.25) is 11.8 Å². The number of rotatable bonds is 8. The lowest BCUT2D eigenvalue weighted by Crippen LogP contribution is -2.47. The third kappa shape index (κ3) is 6.17. The number of aryl methyl sites for hydroxylation is 2. The zero-order valence-electron chi connectivity index (χ0n) is 21.2. The smallest absolute Gasteiger partial charge is 0.243 e. The van der Waals surface area contributed by atoms with E-state index in [0.717, 1.165) is 22.4 Å². The molecule has 188 valence electrons. The predicted octanol–water partition coefficient (Wildman–Crippen LogP) is 5.29. The summed E-state index contributed by atoms with van der Waals surface area (Å²) in [4.78, 5) is 32.1. The first-order valence-electron chi connectivity index (χ1n) is 12.6. The summed E-state index contributed by atoms with van der Waals surface area (Å²) in [7, 11) is 0. The van der Waals surface area contributed by atoms with Gasteiger partial charge < -0.3 is 10.2 Å². The van der Waals surface area contributed by atoms with Crippen molar-refractivity contribution in [3.63, 3.8) is 0 Å². The Labute approximate surface area is 212 Å². The van der Waals surface area contributed by atoms with E-state index in [0.29, 0.717) is 12.3 Å². The monoisotopic (exact) mass is 487 g/mol. The molecular formula is C30H34FN3O2. The van der Waals surface area contributed by atoms with E-state index in [1.54, 1.807) is 6.20 Å². The van der Waals surface area contributed by atoms with Crippen molar-refractivity contribution in [3.8, 4) is 0 Å². The van der Waals surface area contributed by atoms with Crippen LogP contribution in [-0.2, 0) is 16.0 Å². The maximum absolute atomic E-state index is 14.5. The van der Waals surface area contributed by atoms with E-state index in [1.165, 1.54) is 10.5 Å². The van der Waals surface area contributed by atoms with Crippen LogP contribution in [0.2, 0.25) is 0 Å². The summed E-state index contributed by atoms with van der Waals surface area (Å²) >= 11 is 0. The highest BCUT2D eigenvalue weighted by Gasteiger charge is 2.40. The molecule has 1 aliphatic heterocycles. The molecule has 4 rings (SSSR count). The molecule has 1 N–H and O–H groups in total. The van der Waals surface area contributed by atoms with Gasteiger partial charge in [-0.1, -0.05) is 68.4 Å². The van der Waals surface area contributed by atoms with E-state index in [-0.39, 0.29) is 31.2 Å². The summed E-state index contributed by atoms with van der Waals surface area (Å²) < 4.78 is 14.5. The van der Waals surface area contributed by atoms with Gasteiger partial charge in [0.05, 0.1) is 12.6 Å². The Morgan fingerprint density at radius 2 is 1.69 bits per heavy atom. The lowest BCUT2D eigenvalue weighted by Gasteiger charge is -2.27. The first-order chi connectivity index (χ1) is 17.3. The number of likely N-dealkylation sites (tertiary alicyclic amines) is 1. The summed E-state index contributed by atoms with van der Waals surface area (Å²) in [6.07, 6.45) is 1.27. The summed E-state index contributed by atoms with van der Waals surface area (Å²) in [6.45, 7) is 6.13. The lowest BCUT2D eigenvalue weighted by molar-refractivity contribution is -0.138. The van der Waals surface area contributed by atoms with Crippen molar-refractivity contribution in [2.24, 2.45) is 0 Å². The molecule has 3 aromatic rings. The SMILES string of the molecule is Cc1cc(CCC(=O)N2CC(F)CC2C(=O)NC(c2ccccc2)c2ccc(C(C)C)cc2)ccn1. The highest BCUT2D eigenvalue weighted by atomic mass is 19.1. The zero-order chi connectivity index (χ0) is 25.7. The maximum Gasteiger partial charge on any atom is 0.243 e. The van der Waals surface area contributed by atoms with Gasteiger partial charge in [0.25, 0.3) is 0 Å². The number of nitrogens with zero attached hydrogens (tertiary/aromatic N) is 2. The molecule has 0 saturated carbocycles. The molecule has 2 aromatic carbocycles. The van der Waals surface area contributed by atoms with Gasteiger partial charge in [-0.3, -0.25) is 14.6 Å². The summed E-state index contributed by atoms with van der Waals surface area (Å²) in [5.74, 6) is -0.133. The average Bonchev–Trinajstić information content (AvgIpc) is 3.28. The molecule has 1 fully saturated rings. The molecule has 3 atom stereocenters. The Bertz CT molecular complexity index is 1180. The number of pyridine rings is 1. The fraction of sp³-hybridized carbons (Fsp3) is 0.367. The second kappa shape index (κ2) is 11.5. The molecule has 0 bridgehead atoms. The topological polar surface area (TPSA) is 62.3 Å². The van der Waals surface area contributed by atoms with Crippen LogP contribution in [-0.4, -0.2) is 40.5 Å². The highest BCUT2D eigenvalue weighted by molar-refractivity contribution is 5.89. The standard InChI is InChI=1S/C30H34FN3O2/c1-20(2)23-10-12-25(13-11-23)29(24-7-5-4-6-8-24)33-30(36)27-18-26(31)19-34(27)28(35)14-9-22-15-16-32-21(3)17-22/h4-8,10-13,15-17,20,26-27,29H,9,14,18-19H2,1-3H3,(H,33,36). The zero-order valence-corrected chi connectivity index (χ0v) is 21.2.